The maximum Gasteiger partial charge on any atom is 0.234 e. The zero-order valence-electron chi connectivity index (χ0n) is 12.8. The van der Waals surface area contributed by atoms with Gasteiger partial charge in [-0.3, -0.25) is 4.72 Å². The summed E-state index contributed by atoms with van der Waals surface area (Å²) in [5.74, 6) is 0.144. The second-order valence-electron chi connectivity index (χ2n) is 5.40. The molecule has 1 heterocycles. The van der Waals surface area contributed by atoms with Crippen LogP contribution < -0.4 is 14.9 Å². The number of hydrogen-bond donors (Lipinski definition) is 2. The van der Waals surface area contributed by atoms with Crippen LogP contribution in [0.25, 0.3) is 0 Å². The highest BCUT2D eigenvalue weighted by molar-refractivity contribution is 7.92. The number of anilines is 2. The first-order valence-electron chi connectivity index (χ1n) is 7.63. The van der Waals surface area contributed by atoms with Crippen LogP contribution in [0.1, 0.15) is 26.7 Å². The number of nitrogens with zero attached hydrogens (tertiary/aromatic N) is 1. The minimum absolute atomic E-state index is 0.0810. The summed E-state index contributed by atoms with van der Waals surface area (Å²) in [6, 6.07) is 7.65. The van der Waals surface area contributed by atoms with Crippen molar-refractivity contribution in [3.05, 3.63) is 24.3 Å². The Morgan fingerprint density at radius 2 is 1.90 bits per heavy atom. The van der Waals surface area contributed by atoms with Gasteiger partial charge in [0, 0.05) is 30.5 Å². The number of sulfonamides is 1. The fourth-order valence-electron chi connectivity index (χ4n) is 2.71. The Morgan fingerprint density at radius 1 is 1.24 bits per heavy atom. The van der Waals surface area contributed by atoms with Crippen molar-refractivity contribution < 1.29 is 8.42 Å². The molecule has 1 fully saturated rings. The Bertz CT molecular complexity index is 533. The van der Waals surface area contributed by atoms with E-state index in [0.717, 1.165) is 38.2 Å². The standard InChI is InChI=1S/C15H25N3O2S/c1-3-18(4-2)15-9-7-13(8-10-15)17-21(19,20)12-14-6-5-11-16-14/h7-10,14,16-17H,3-6,11-12H2,1-2H3. The highest BCUT2D eigenvalue weighted by Crippen LogP contribution is 2.19. The molecule has 2 rings (SSSR count). The maximum absolute atomic E-state index is 12.1. The van der Waals surface area contributed by atoms with Gasteiger partial charge >= 0.3 is 0 Å². The molecular formula is C15H25N3O2S. The fraction of sp³-hybridized carbons (Fsp3) is 0.600. The van der Waals surface area contributed by atoms with Gasteiger partial charge in [-0.2, -0.15) is 0 Å². The van der Waals surface area contributed by atoms with Crippen molar-refractivity contribution in [2.75, 3.05) is 35.0 Å². The third-order valence-electron chi connectivity index (χ3n) is 3.85. The molecule has 1 atom stereocenters. The van der Waals surface area contributed by atoms with E-state index in [1.165, 1.54) is 0 Å². The van der Waals surface area contributed by atoms with E-state index in [4.69, 9.17) is 0 Å². The lowest BCUT2D eigenvalue weighted by atomic mass is 10.2. The molecule has 0 amide bonds. The van der Waals surface area contributed by atoms with Crippen LogP contribution in [0, 0.1) is 0 Å². The van der Waals surface area contributed by atoms with Crippen molar-refractivity contribution in [1.82, 2.24) is 5.32 Å². The zero-order valence-corrected chi connectivity index (χ0v) is 13.6. The highest BCUT2D eigenvalue weighted by Gasteiger charge is 2.21. The van der Waals surface area contributed by atoms with Crippen LogP contribution in [0.5, 0.6) is 0 Å². The summed E-state index contributed by atoms with van der Waals surface area (Å²) < 4.78 is 26.9. The van der Waals surface area contributed by atoms with Gasteiger partial charge in [-0.15, -0.1) is 0 Å². The van der Waals surface area contributed by atoms with Gasteiger partial charge in [0.2, 0.25) is 10.0 Å². The zero-order chi connectivity index (χ0) is 15.3. The van der Waals surface area contributed by atoms with Crippen LogP contribution in [0.15, 0.2) is 24.3 Å². The largest absolute Gasteiger partial charge is 0.372 e. The van der Waals surface area contributed by atoms with Gasteiger partial charge in [-0.1, -0.05) is 0 Å². The summed E-state index contributed by atoms with van der Waals surface area (Å²) >= 11 is 0. The van der Waals surface area contributed by atoms with E-state index in [0.29, 0.717) is 5.69 Å². The Balaban J connectivity index is 1.98. The lowest BCUT2D eigenvalue weighted by Crippen LogP contribution is -2.32. The van der Waals surface area contributed by atoms with E-state index < -0.39 is 10.0 Å². The summed E-state index contributed by atoms with van der Waals surface area (Å²) in [4.78, 5) is 2.22. The molecule has 0 bridgehead atoms. The van der Waals surface area contributed by atoms with Crippen molar-refractivity contribution in [1.29, 1.82) is 0 Å². The van der Waals surface area contributed by atoms with Crippen molar-refractivity contribution >= 4 is 21.4 Å². The van der Waals surface area contributed by atoms with E-state index in [-0.39, 0.29) is 11.8 Å². The van der Waals surface area contributed by atoms with Crippen LogP contribution in [-0.4, -0.2) is 39.8 Å². The molecule has 0 aromatic heterocycles. The van der Waals surface area contributed by atoms with Gasteiger partial charge < -0.3 is 10.2 Å². The average Bonchev–Trinajstić information content (AvgIpc) is 2.93. The smallest absolute Gasteiger partial charge is 0.234 e. The molecule has 1 aromatic rings. The van der Waals surface area contributed by atoms with Crippen molar-refractivity contribution in [3.63, 3.8) is 0 Å². The summed E-state index contributed by atoms with van der Waals surface area (Å²) in [6.45, 7) is 7.01. The monoisotopic (exact) mass is 311 g/mol. The third-order valence-corrected chi connectivity index (χ3v) is 5.24. The molecule has 5 nitrogen and oxygen atoms in total. The molecule has 1 aromatic carbocycles. The molecule has 0 aliphatic carbocycles. The van der Waals surface area contributed by atoms with E-state index >= 15 is 0 Å². The van der Waals surface area contributed by atoms with Gasteiger partial charge in [0.1, 0.15) is 0 Å². The van der Waals surface area contributed by atoms with Crippen molar-refractivity contribution in [2.45, 2.75) is 32.7 Å². The van der Waals surface area contributed by atoms with Crippen molar-refractivity contribution in [2.24, 2.45) is 0 Å². The number of hydrogen-bond acceptors (Lipinski definition) is 4. The normalized spacial score (nSPS) is 18.7. The number of nitrogens with one attached hydrogen (secondary N) is 2. The topological polar surface area (TPSA) is 61.4 Å². The van der Waals surface area contributed by atoms with Gasteiger partial charge in [-0.05, 0) is 57.5 Å². The first kappa shape index (κ1) is 16.1. The second kappa shape index (κ2) is 7.13. The molecule has 21 heavy (non-hydrogen) atoms. The molecular weight excluding hydrogens is 286 g/mol. The molecule has 0 radical (unpaired) electrons. The average molecular weight is 311 g/mol. The van der Waals surface area contributed by atoms with E-state index in [1.54, 1.807) is 0 Å². The molecule has 2 N–H and O–H groups in total. The van der Waals surface area contributed by atoms with E-state index in [2.05, 4.69) is 28.8 Å². The minimum Gasteiger partial charge on any atom is -0.372 e. The maximum atomic E-state index is 12.1. The molecule has 1 aliphatic heterocycles. The van der Waals surface area contributed by atoms with E-state index in [9.17, 15) is 8.42 Å². The first-order valence-corrected chi connectivity index (χ1v) is 9.28. The molecule has 1 unspecified atom stereocenters. The minimum atomic E-state index is -3.29. The Hall–Kier alpha value is -1.27. The highest BCUT2D eigenvalue weighted by atomic mass is 32.2. The van der Waals surface area contributed by atoms with Crippen LogP contribution in [0.3, 0.4) is 0 Å². The molecule has 118 valence electrons. The molecule has 6 heteroatoms. The lowest BCUT2D eigenvalue weighted by Gasteiger charge is -2.21. The molecule has 1 aliphatic rings. The van der Waals surface area contributed by atoms with Crippen LogP contribution >= 0.6 is 0 Å². The Labute approximate surface area is 127 Å². The molecule has 1 saturated heterocycles. The van der Waals surface area contributed by atoms with Gasteiger partial charge in [0.05, 0.1) is 5.75 Å². The summed E-state index contributed by atoms with van der Waals surface area (Å²) in [7, 11) is -3.29. The second-order valence-corrected chi connectivity index (χ2v) is 7.16. The molecule has 0 spiro atoms. The molecule has 0 saturated carbocycles. The fourth-order valence-corrected chi connectivity index (χ4v) is 4.11. The Kier molecular flexibility index (Phi) is 5.47. The number of rotatable bonds is 7. The Morgan fingerprint density at radius 3 is 2.43 bits per heavy atom. The third kappa shape index (κ3) is 4.61. The lowest BCUT2D eigenvalue weighted by molar-refractivity contribution is 0.582. The summed E-state index contributed by atoms with van der Waals surface area (Å²) in [6.07, 6.45) is 1.99. The summed E-state index contributed by atoms with van der Waals surface area (Å²) in [5, 5.41) is 3.21. The van der Waals surface area contributed by atoms with Gasteiger partial charge in [-0.25, -0.2) is 8.42 Å². The van der Waals surface area contributed by atoms with Crippen LogP contribution in [-0.2, 0) is 10.0 Å². The predicted molar refractivity (Wildman–Crippen MR) is 88.4 cm³/mol. The van der Waals surface area contributed by atoms with Crippen molar-refractivity contribution in [3.8, 4) is 0 Å². The van der Waals surface area contributed by atoms with E-state index in [1.807, 2.05) is 24.3 Å². The van der Waals surface area contributed by atoms with Crippen LogP contribution in [0.4, 0.5) is 11.4 Å². The predicted octanol–water partition coefficient (Wildman–Crippen LogP) is 2.03. The SMILES string of the molecule is CCN(CC)c1ccc(NS(=O)(=O)CC2CCCN2)cc1. The number of benzene rings is 1. The quantitative estimate of drug-likeness (QED) is 0.809. The summed E-state index contributed by atoms with van der Waals surface area (Å²) in [5.41, 5.74) is 1.74. The van der Waals surface area contributed by atoms with Gasteiger partial charge in [0.15, 0.2) is 0 Å². The van der Waals surface area contributed by atoms with Gasteiger partial charge in [0.25, 0.3) is 0 Å². The first-order chi connectivity index (χ1) is 10.0. The van der Waals surface area contributed by atoms with Crippen LogP contribution in [0.2, 0.25) is 0 Å².